The van der Waals surface area contributed by atoms with Gasteiger partial charge in [0.1, 0.15) is 29.1 Å². The van der Waals surface area contributed by atoms with Crippen molar-refractivity contribution in [2.24, 2.45) is 12.5 Å². The lowest BCUT2D eigenvalue weighted by Crippen LogP contribution is -2.56. The van der Waals surface area contributed by atoms with Crippen molar-refractivity contribution in [3.8, 4) is 11.1 Å². The van der Waals surface area contributed by atoms with Crippen LogP contribution in [0.1, 0.15) is 93.6 Å². The number of aryl methyl sites for hydroxylation is 2. The number of rotatable bonds is 13. The standard InChI is InChI=1S/C56H64N12O8/c1-34-30-64(48(71)32-63-19-17-62(18-20-63)16-6-8-35-7-5-9-40-49(35)55(76)68(52(40)73)43-11-13-47(70)60-51(43)72)21-22-65(34)38-10-12-46(58-29-38)59-42-25-37(31-61(4)53(42)74)39-14-15-57-50(41(39)33-69)67-24-23-66-44(54(67)75)26-36-27-56(2,3)28-45(36)66/h5,7,9-10,12,14-15,25-26,29,31,34,43,69H,6,8,11,13,16-24,27-28,30,32-33H2,1-4H3,(H,58,59)(H,60,70,72)/t34-,43?/m0/s1. The molecule has 20 heteroatoms. The van der Waals surface area contributed by atoms with E-state index in [-0.39, 0.29) is 48.3 Å². The summed E-state index contributed by atoms with van der Waals surface area (Å²) < 4.78 is 3.64. The number of benzene rings is 1. The molecule has 9 heterocycles. The van der Waals surface area contributed by atoms with Crippen LogP contribution in [0, 0.1) is 5.41 Å². The van der Waals surface area contributed by atoms with Gasteiger partial charge in [0.15, 0.2) is 0 Å². The molecule has 0 radical (unpaired) electrons. The van der Waals surface area contributed by atoms with Crippen molar-refractivity contribution in [3.05, 3.63) is 117 Å². The lowest BCUT2D eigenvalue weighted by atomic mass is 9.90. The summed E-state index contributed by atoms with van der Waals surface area (Å²) in [6, 6.07) is 13.6. The summed E-state index contributed by atoms with van der Waals surface area (Å²) >= 11 is 0. The van der Waals surface area contributed by atoms with Gasteiger partial charge in [-0.1, -0.05) is 26.0 Å². The van der Waals surface area contributed by atoms with Crippen LogP contribution >= 0.6 is 0 Å². The molecular weight excluding hydrogens is 969 g/mol. The lowest BCUT2D eigenvalue weighted by molar-refractivity contribution is -0.136. The fourth-order valence-corrected chi connectivity index (χ4v) is 12.3. The topological polar surface area (TPSA) is 219 Å². The van der Waals surface area contributed by atoms with E-state index in [1.807, 2.05) is 29.2 Å². The molecule has 4 aromatic heterocycles. The van der Waals surface area contributed by atoms with Crippen molar-refractivity contribution >= 4 is 58.5 Å². The van der Waals surface area contributed by atoms with Gasteiger partial charge in [-0.2, -0.15) is 0 Å². The van der Waals surface area contributed by atoms with E-state index in [4.69, 9.17) is 4.98 Å². The maximum absolute atomic E-state index is 14.0. The molecule has 20 nitrogen and oxygen atoms in total. The monoisotopic (exact) mass is 1030 g/mol. The number of aliphatic hydroxyl groups is 1. The summed E-state index contributed by atoms with van der Waals surface area (Å²) in [5.74, 6) is -1.18. The van der Waals surface area contributed by atoms with Gasteiger partial charge in [0, 0.05) is 108 Å². The van der Waals surface area contributed by atoms with Crippen LogP contribution < -0.4 is 26.0 Å². The summed E-state index contributed by atoms with van der Waals surface area (Å²) in [6.45, 7) is 13.3. The van der Waals surface area contributed by atoms with E-state index in [0.29, 0.717) is 96.5 Å². The van der Waals surface area contributed by atoms with Gasteiger partial charge < -0.3 is 34.3 Å². The number of aliphatic hydroxyl groups excluding tert-OH is 1. The lowest BCUT2D eigenvalue weighted by Gasteiger charge is -2.42. The molecule has 11 rings (SSSR count). The summed E-state index contributed by atoms with van der Waals surface area (Å²) in [5, 5.41) is 16.3. The minimum Gasteiger partial charge on any atom is -0.392 e. The fraction of sp³-hybridized carbons (Fsp3) is 0.446. The fourth-order valence-electron chi connectivity index (χ4n) is 12.3. The van der Waals surface area contributed by atoms with Crippen LogP contribution in [0.5, 0.6) is 0 Å². The minimum atomic E-state index is -0.998. The molecule has 6 amide bonds. The third-order valence-corrected chi connectivity index (χ3v) is 16.2. The molecule has 0 spiro atoms. The predicted molar refractivity (Wildman–Crippen MR) is 283 cm³/mol. The van der Waals surface area contributed by atoms with Crippen molar-refractivity contribution in [2.45, 2.75) is 84.5 Å². The Balaban J connectivity index is 0.659. The van der Waals surface area contributed by atoms with Crippen LogP contribution in [0.4, 0.5) is 23.0 Å². The molecule has 5 aromatic rings. The zero-order valence-electron chi connectivity index (χ0n) is 43.5. The first-order chi connectivity index (χ1) is 36.5. The molecule has 0 saturated carbocycles. The third kappa shape index (κ3) is 9.46. The molecule has 1 aliphatic carbocycles. The quantitative estimate of drug-likeness (QED) is 0.144. The Morgan fingerprint density at radius 2 is 1.67 bits per heavy atom. The number of piperidine rings is 1. The predicted octanol–water partition coefficient (Wildman–Crippen LogP) is 3.35. The molecule has 5 aliphatic heterocycles. The van der Waals surface area contributed by atoms with E-state index >= 15 is 0 Å². The first-order valence-corrected chi connectivity index (χ1v) is 26.4. The van der Waals surface area contributed by atoms with E-state index in [1.54, 1.807) is 54.8 Å². The van der Waals surface area contributed by atoms with E-state index in [2.05, 4.69) is 55.7 Å². The molecule has 6 aliphatic rings. The van der Waals surface area contributed by atoms with Crippen LogP contribution in [0.2, 0.25) is 0 Å². The van der Waals surface area contributed by atoms with Crippen molar-refractivity contribution < 1.29 is 33.9 Å². The van der Waals surface area contributed by atoms with Crippen molar-refractivity contribution in [3.63, 3.8) is 0 Å². The molecule has 76 heavy (non-hydrogen) atoms. The van der Waals surface area contributed by atoms with Crippen LogP contribution in [-0.4, -0.2) is 157 Å². The number of hydrogen-bond acceptors (Lipinski definition) is 14. The average molecular weight is 1030 g/mol. The number of nitrogens with zero attached hydrogens (tertiary/aromatic N) is 10. The SMILES string of the molecule is C[C@H]1CN(C(=O)CN2CCN(CCCc3cccc4c3C(=O)N(C3CCC(=O)NC3=O)C4=O)CC2)CCN1c1ccc(Nc2cc(-c3ccnc(N4CCn5c(cc6c5CC(C)(C)C6)C4=O)c3CO)cn(C)c2=O)nc1. The Hall–Kier alpha value is -7.55. The van der Waals surface area contributed by atoms with Crippen LogP contribution in [0.3, 0.4) is 0 Å². The second-order valence-electron chi connectivity index (χ2n) is 21.9. The molecule has 396 valence electrons. The van der Waals surface area contributed by atoms with Gasteiger partial charge >= 0.3 is 0 Å². The molecule has 3 N–H and O–H groups in total. The van der Waals surface area contributed by atoms with Gasteiger partial charge in [-0.05, 0) is 104 Å². The van der Waals surface area contributed by atoms with Crippen molar-refractivity contribution in [2.75, 3.05) is 80.6 Å². The number of nitrogens with one attached hydrogen (secondary N) is 2. The molecule has 0 bridgehead atoms. The number of aromatic nitrogens is 4. The number of anilines is 4. The average Bonchev–Trinajstić information content (AvgIpc) is 4.00. The zero-order valence-corrected chi connectivity index (χ0v) is 43.5. The Labute approximate surface area is 440 Å². The number of carbonyl (C=O) groups excluding carboxylic acids is 6. The highest BCUT2D eigenvalue weighted by molar-refractivity contribution is 6.24. The van der Waals surface area contributed by atoms with Gasteiger partial charge in [0.25, 0.3) is 23.3 Å². The van der Waals surface area contributed by atoms with E-state index < -0.39 is 29.7 Å². The number of amides is 6. The van der Waals surface area contributed by atoms with Crippen molar-refractivity contribution in [1.82, 2.24) is 44.0 Å². The smallest absolute Gasteiger partial charge is 0.276 e. The largest absolute Gasteiger partial charge is 0.392 e. The Morgan fingerprint density at radius 3 is 2.42 bits per heavy atom. The molecular formula is C56H64N12O8. The van der Waals surface area contributed by atoms with Crippen LogP contribution in [0.25, 0.3) is 11.1 Å². The molecule has 1 unspecified atom stereocenters. The summed E-state index contributed by atoms with van der Waals surface area (Å²) in [5.41, 5.74) is 7.43. The van der Waals surface area contributed by atoms with E-state index in [9.17, 15) is 38.7 Å². The maximum atomic E-state index is 14.0. The van der Waals surface area contributed by atoms with Crippen LogP contribution in [-0.2, 0) is 53.8 Å². The Kier molecular flexibility index (Phi) is 13.4. The number of imide groups is 2. The van der Waals surface area contributed by atoms with Gasteiger partial charge in [-0.3, -0.25) is 53.6 Å². The first-order valence-electron chi connectivity index (χ1n) is 26.4. The second kappa shape index (κ2) is 20.2. The van der Waals surface area contributed by atoms with Gasteiger partial charge in [0.05, 0.1) is 36.2 Å². The molecule has 2 atom stereocenters. The number of carbonyl (C=O) groups is 6. The number of hydrogen-bond donors (Lipinski definition) is 3. The van der Waals surface area contributed by atoms with Gasteiger partial charge in [-0.25, -0.2) is 9.97 Å². The highest BCUT2D eigenvalue weighted by atomic mass is 16.3. The van der Waals surface area contributed by atoms with Gasteiger partial charge in [0.2, 0.25) is 17.7 Å². The number of piperazine rings is 2. The summed E-state index contributed by atoms with van der Waals surface area (Å²) in [6.07, 6.45) is 8.52. The molecule has 1 aromatic carbocycles. The Morgan fingerprint density at radius 1 is 0.868 bits per heavy atom. The minimum absolute atomic E-state index is 0.0313. The van der Waals surface area contributed by atoms with E-state index in [0.717, 1.165) is 68.1 Å². The molecule has 3 saturated heterocycles. The zero-order chi connectivity index (χ0) is 53.2. The maximum Gasteiger partial charge on any atom is 0.276 e. The van der Waals surface area contributed by atoms with Gasteiger partial charge in [-0.15, -0.1) is 0 Å². The Bertz CT molecular complexity index is 3250. The summed E-state index contributed by atoms with van der Waals surface area (Å²) in [7, 11) is 1.67. The van der Waals surface area contributed by atoms with Crippen LogP contribution in [0.15, 0.2) is 71.9 Å². The first kappa shape index (κ1) is 50.6. The highest BCUT2D eigenvalue weighted by Crippen LogP contribution is 2.40. The number of fused-ring (bicyclic) bond motifs is 4. The van der Waals surface area contributed by atoms with Crippen molar-refractivity contribution in [1.29, 1.82) is 0 Å². The number of pyridine rings is 3. The summed E-state index contributed by atoms with van der Waals surface area (Å²) in [4.78, 5) is 113. The van der Waals surface area contributed by atoms with E-state index in [1.165, 1.54) is 15.8 Å². The normalized spacial score (nSPS) is 20.8. The third-order valence-electron chi connectivity index (χ3n) is 16.2. The highest BCUT2D eigenvalue weighted by Gasteiger charge is 2.46. The molecule has 3 fully saturated rings. The second-order valence-corrected chi connectivity index (χ2v) is 21.9.